The third-order valence-electron chi connectivity index (χ3n) is 7.29. The molecule has 0 aromatic heterocycles. The van der Waals surface area contributed by atoms with Crippen LogP contribution in [0.3, 0.4) is 0 Å². The largest absolute Gasteiger partial charge is 0.493 e. The first kappa shape index (κ1) is 27.6. The Morgan fingerprint density at radius 1 is 0.951 bits per heavy atom. The number of rotatable bonds is 11. The number of ether oxygens (including phenoxy) is 2. The Bertz CT molecular complexity index is 1520. The van der Waals surface area contributed by atoms with Crippen molar-refractivity contribution >= 4 is 23.1 Å². The summed E-state index contributed by atoms with van der Waals surface area (Å²) in [5.41, 5.74) is 18.2. The number of anilines is 2. The van der Waals surface area contributed by atoms with Crippen LogP contribution in [0.1, 0.15) is 40.3 Å². The molecular weight excluding hydrogens is 514 g/mol. The fraction of sp³-hybridized carbons (Fsp3) is 0.212. The molecule has 0 radical (unpaired) electrons. The number of amides is 1. The number of methoxy groups -OCH3 is 1. The van der Waals surface area contributed by atoms with E-state index in [-0.39, 0.29) is 5.84 Å². The molecule has 1 atom stereocenters. The topological polar surface area (TPSA) is 127 Å². The number of carbonyl (C=O) groups is 1. The molecular formula is C33H35N5O3. The summed E-state index contributed by atoms with van der Waals surface area (Å²) in [6.45, 7) is 2.28. The fourth-order valence-electron chi connectivity index (χ4n) is 5.13. The van der Waals surface area contributed by atoms with Gasteiger partial charge in [0.15, 0.2) is 11.5 Å². The summed E-state index contributed by atoms with van der Waals surface area (Å²) in [6, 6.07) is 28.6. The van der Waals surface area contributed by atoms with Crippen LogP contribution in [0.15, 0.2) is 91.0 Å². The van der Waals surface area contributed by atoms with Crippen molar-refractivity contribution in [3.8, 4) is 11.5 Å². The van der Waals surface area contributed by atoms with Crippen LogP contribution < -0.4 is 31.2 Å². The van der Waals surface area contributed by atoms with Crippen LogP contribution in [0.25, 0.3) is 0 Å². The molecule has 4 aromatic carbocycles. The number of primary amides is 1. The highest BCUT2D eigenvalue weighted by molar-refractivity contribution is 5.95. The highest BCUT2D eigenvalue weighted by Crippen LogP contribution is 2.34. The molecule has 210 valence electrons. The van der Waals surface area contributed by atoms with E-state index >= 15 is 0 Å². The molecule has 1 amide bonds. The van der Waals surface area contributed by atoms with E-state index in [2.05, 4.69) is 52.7 Å². The Morgan fingerprint density at radius 3 is 2.44 bits per heavy atom. The lowest BCUT2D eigenvalue weighted by molar-refractivity contribution is -0.118. The summed E-state index contributed by atoms with van der Waals surface area (Å²) in [7, 11) is 1.57. The average molecular weight is 550 g/mol. The van der Waals surface area contributed by atoms with Gasteiger partial charge in [-0.3, -0.25) is 10.2 Å². The number of aryl methyl sites for hydroxylation is 1. The van der Waals surface area contributed by atoms with E-state index in [4.69, 9.17) is 26.4 Å². The minimum Gasteiger partial charge on any atom is -0.493 e. The number of carbonyl (C=O) groups excluding carboxylic acids is 1. The molecule has 0 spiro atoms. The van der Waals surface area contributed by atoms with E-state index in [9.17, 15) is 4.79 Å². The molecule has 0 aliphatic carbocycles. The molecule has 1 aliphatic rings. The first-order valence-electron chi connectivity index (χ1n) is 13.6. The number of hydrogen-bond acceptors (Lipinski definition) is 6. The second kappa shape index (κ2) is 12.5. The van der Waals surface area contributed by atoms with Crippen molar-refractivity contribution in [2.45, 2.75) is 32.0 Å². The van der Waals surface area contributed by atoms with Gasteiger partial charge in [0, 0.05) is 30.0 Å². The van der Waals surface area contributed by atoms with Gasteiger partial charge in [-0.15, -0.1) is 0 Å². The van der Waals surface area contributed by atoms with Gasteiger partial charge >= 0.3 is 0 Å². The first-order chi connectivity index (χ1) is 19.9. The average Bonchev–Trinajstić information content (AvgIpc) is 2.99. The van der Waals surface area contributed by atoms with Crippen LogP contribution in [-0.2, 0) is 24.4 Å². The van der Waals surface area contributed by atoms with Crippen LogP contribution >= 0.6 is 0 Å². The van der Waals surface area contributed by atoms with Gasteiger partial charge in [-0.2, -0.15) is 0 Å². The molecule has 0 saturated heterocycles. The molecule has 0 bridgehead atoms. The number of amidine groups is 1. The van der Waals surface area contributed by atoms with Crippen molar-refractivity contribution in [3.05, 3.63) is 119 Å². The van der Waals surface area contributed by atoms with Crippen LogP contribution in [-0.4, -0.2) is 25.4 Å². The Labute approximate surface area is 240 Å². The monoisotopic (exact) mass is 549 g/mol. The zero-order chi connectivity index (χ0) is 28.8. The lowest BCUT2D eigenvalue weighted by atomic mass is 9.99. The third-order valence-corrected chi connectivity index (χ3v) is 7.29. The quantitative estimate of drug-likeness (QED) is 0.151. The van der Waals surface area contributed by atoms with E-state index in [0.29, 0.717) is 34.9 Å². The minimum atomic E-state index is -0.794. The van der Waals surface area contributed by atoms with E-state index < -0.39 is 11.9 Å². The Hall–Kier alpha value is -4.98. The summed E-state index contributed by atoms with van der Waals surface area (Å²) in [5, 5.41) is 10.7. The predicted molar refractivity (Wildman–Crippen MR) is 163 cm³/mol. The maximum atomic E-state index is 12.4. The minimum absolute atomic E-state index is 0.0248. The van der Waals surface area contributed by atoms with Gasteiger partial charge in [0.1, 0.15) is 18.5 Å². The predicted octanol–water partition coefficient (Wildman–Crippen LogP) is 5.15. The molecule has 1 heterocycles. The number of hydrogen-bond donors (Lipinski definition) is 4. The second-order valence-electron chi connectivity index (χ2n) is 10.1. The molecule has 6 N–H and O–H groups in total. The Morgan fingerprint density at radius 2 is 1.73 bits per heavy atom. The zero-order valence-corrected chi connectivity index (χ0v) is 23.1. The summed E-state index contributed by atoms with van der Waals surface area (Å²) in [5.74, 6) is 0.518. The first-order valence-corrected chi connectivity index (χ1v) is 13.6. The van der Waals surface area contributed by atoms with Gasteiger partial charge in [-0.25, -0.2) is 0 Å². The lowest BCUT2D eigenvalue weighted by Crippen LogP contribution is -2.29. The van der Waals surface area contributed by atoms with Crippen LogP contribution in [0.4, 0.5) is 11.4 Å². The molecule has 8 nitrogen and oxygen atoms in total. The smallest absolute Gasteiger partial charge is 0.244 e. The van der Waals surface area contributed by atoms with Gasteiger partial charge in [0.05, 0.1) is 7.11 Å². The van der Waals surface area contributed by atoms with Gasteiger partial charge in [0.25, 0.3) is 0 Å². The van der Waals surface area contributed by atoms with Gasteiger partial charge in [-0.1, -0.05) is 48.5 Å². The molecule has 41 heavy (non-hydrogen) atoms. The molecule has 1 unspecified atom stereocenters. The number of benzene rings is 4. The normalized spacial score (nSPS) is 13.1. The van der Waals surface area contributed by atoms with Crippen molar-refractivity contribution in [3.63, 3.8) is 0 Å². The number of fused-ring (bicyclic) bond motifs is 1. The van der Waals surface area contributed by atoms with Crippen molar-refractivity contribution in [2.75, 3.05) is 23.9 Å². The van der Waals surface area contributed by atoms with Crippen molar-refractivity contribution < 1.29 is 14.3 Å². The third kappa shape index (κ3) is 6.61. The zero-order valence-electron chi connectivity index (χ0n) is 23.1. The van der Waals surface area contributed by atoms with Gasteiger partial charge < -0.3 is 31.2 Å². The standard InChI is InChI=1S/C33H35N5O3/c1-40-30-19-26(31(33(36)39)37-27-14-11-25(12-15-27)32(34)35)13-16-29(30)41-21-23-9-10-24-8-5-17-38(28(24)18-23)20-22-6-3-2-4-7-22/h2-4,6-7,9-16,18-19,31,37H,5,8,17,20-21H2,1H3,(H3,34,35)(H2,36,39). The van der Waals surface area contributed by atoms with Crippen molar-refractivity contribution in [1.29, 1.82) is 5.41 Å². The Balaban J connectivity index is 1.30. The Kier molecular flexibility index (Phi) is 8.39. The molecule has 0 fully saturated rings. The van der Waals surface area contributed by atoms with E-state index in [1.165, 1.54) is 16.8 Å². The van der Waals surface area contributed by atoms with Gasteiger partial charge in [0.2, 0.25) is 5.91 Å². The van der Waals surface area contributed by atoms with E-state index in [0.717, 1.165) is 31.5 Å². The fourth-order valence-corrected chi connectivity index (χ4v) is 5.13. The van der Waals surface area contributed by atoms with Gasteiger partial charge in [-0.05, 0) is 77.6 Å². The SMILES string of the molecule is COc1cc(C(Nc2ccc(C(=N)N)cc2)C(N)=O)ccc1OCc1ccc2c(c1)N(Cc1ccccc1)CCC2. The number of nitrogens with one attached hydrogen (secondary N) is 2. The maximum absolute atomic E-state index is 12.4. The summed E-state index contributed by atoms with van der Waals surface area (Å²) < 4.78 is 11.8. The molecule has 4 aromatic rings. The number of nitrogens with two attached hydrogens (primary N) is 2. The molecule has 1 aliphatic heterocycles. The maximum Gasteiger partial charge on any atom is 0.244 e. The van der Waals surface area contributed by atoms with Crippen molar-refractivity contribution in [2.24, 2.45) is 11.5 Å². The highest BCUT2D eigenvalue weighted by atomic mass is 16.5. The van der Waals surface area contributed by atoms with Crippen LogP contribution in [0, 0.1) is 5.41 Å². The second-order valence-corrected chi connectivity index (χ2v) is 10.1. The summed E-state index contributed by atoms with van der Waals surface area (Å²) in [4.78, 5) is 14.8. The van der Waals surface area contributed by atoms with Crippen LogP contribution in [0.5, 0.6) is 11.5 Å². The highest BCUT2D eigenvalue weighted by Gasteiger charge is 2.21. The van der Waals surface area contributed by atoms with Crippen LogP contribution in [0.2, 0.25) is 0 Å². The molecule has 5 rings (SSSR count). The number of nitrogens with zero attached hydrogens (tertiary/aromatic N) is 1. The summed E-state index contributed by atoms with van der Waals surface area (Å²) in [6.07, 6.45) is 2.22. The lowest BCUT2D eigenvalue weighted by Gasteiger charge is -2.32. The number of nitrogen functional groups attached to an aromatic ring is 1. The molecule has 8 heteroatoms. The van der Waals surface area contributed by atoms with Crippen molar-refractivity contribution in [1.82, 2.24) is 0 Å². The summed E-state index contributed by atoms with van der Waals surface area (Å²) >= 11 is 0. The molecule has 0 saturated carbocycles. The van der Waals surface area contributed by atoms with E-state index in [1.54, 1.807) is 49.6 Å². The van der Waals surface area contributed by atoms with E-state index in [1.807, 2.05) is 6.07 Å².